The van der Waals surface area contributed by atoms with Gasteiger partial charge in [-0.05, 0) is 31.6 Å². The van der Waals surface area contributed by atoms with Crippen molar-refractivity contribution in [2.24, 2.45) is 22.2 Å². The molecule has 98 valence electrons. The quantitative estimate of drug-likeness (QED) is 0.324. The van der Waals surface area contributed by atoms with E-state index in [9.17, 15) is 0 Å². The van der Waals surface area contributed by atoms with Gasteiger partial charge in [-0.2, -0.15) is 0 Å². The van der Waals surface area contributed by atoms with Crippen molar-refractivity contribution in [3.8, 4) is 0 Å². The van der Waals surface area contributed by atoms with Crippen LogP contribution < -0.4 is 5.73 Å². The fourth-order valence-electron chi connectivity index (χ4n) is 2.76. The molecule has 0 aromatic rings. The third-order valence-electron chi connectivity index (χ3n) is 4.13. The number of nitrogens with two attached hydrogens (primary N) is 1. The van der Waals surface area contributed by atoms with Gasteiger partial charge < -0.3 is 15.7 Å². The van der Waals surface area contributed by atoms with Gasteiger partial charge in [0.2, 0.25) is 0 Å². The van der Waals surface area contributed by atoms with Gasteiger partial charge in [0, 0.05) is 18.4 Å². The van der Waals surface area contributed by atoms with Gasteiger partial charge in [0.25, 0.3) is 0 Å². The van der Waals surface area contributed by atoms with Gasteiger partial charge in [-0.15, -0.1) is 0 Å². The average molecular weight is 240 g/mol. The zero-order chi connectivity index (χ0) is 12.1. The van der Waals surface area contributed by atoms with Crippen LogP contribution in [0.1, 0.15) is 51.4 Å². The molecule has 0 atom stereocenters. The van der Waals surface area contributed by atoms with E-state index in [4.69, 9.17) is 15.7 Å². The Morgan fingerprint density at radius 2 is 2.00 bits per heavy atom. The minimum absolute atomic E-state index is 0.185. The van der Waals surface area contributed by atoms with Crippen molar-refractivity contribution >= 4 is 5.84 Å². The summed E-state index contributed by atoms with van der Waals surface area (Å²) in [5.74, 6) is 1.10. The summed E-state index contributed by atoms with van der Waals surface area (Å²) >= 11 is 0. The third-order valence-corrected chi connectivity index (χ3v) is 4.13. The molecule has 2 saturated carbocycles. The van der Waals surface area contributed by atoms with E-state index >= 15 is 0 Å². The topological polar surface area (TPSA) is 67.8 Å². The Bertz CT molecular complexity index is 269. The van der Waals surface area contributed by atoms with Crippen LogP contribution in [0.3, 0.4) is 0 Å². The maximum absolute atomic E-state index is 8.58. The van der Waals surface area contributed by atoms with Crippen molar-refractivity contribution in [2.45, 2.75) is 51.4 Å². The van der Waals surface area contributed by atoms with E-state index in [-0.39, 0.29) is 5.41 Å². The summed E-state index contributed by atoms with van der Waals surface area (Å²) in [4.78, 5) is 0. The fourth-order valence-corrected chi connectivity index (χ4v) is 2.76. The van der Waals surface area contributed by atoms with E-state index in [1.807, 2.05) is 0 Å². The summed E-state index contributed by atoms with van der Waals surface area (Å²) in [5, 5.41) is 11.6. The molecule has 3 N–H and O–H groups in total. The Kier molecular flexibility index (Phi) is 4.26. The summed E-state index contributed by atoms with van der Waals surface area (Å²) in [7, 11) is 0. The highest BCUT2D eigenvalue weighted by molar-refractivity contribution is 5.80. The van der Waals surface area contributed by atoms with Crippen LogP contribution in [0.5, 0.6) is 0 Å². The van der Waals surface area contributed by atoms with Crippen molar-refractivity contribution in [1.29, 1.82) is 0 Å². The highest BCUT2D eigenvalue weighted by atomic mass is 16.5. The first-order valence-electron chi connectivity index (χ1n) is 6.78. The molecule has 0 bridgehead atoms. The van der Waals surface area contributed by atoms with E-state index in [1.54, 1.807) is 0 Å². The van der Waals surface area contributed by atoms with Gasteiger partial charge in [0.15, 0.2) is 0 Å². The molecule has 17 heavy (non-hydrogen) atoms. The molecular formula is C13H24N2O2. The number of amidine groups is 1. The molecule has 0 spiro atoms. The molecule has 2 fully saturated rings. The summed E-state index contributed by atoms with van der Waals surface area (Å²) < 4.78 is 5.85. The number of ether oxygens (including phenoxy) is 1. The second-order valence-electron chi connectivity index (χ2n) is 5.79. The number of rotatable bonds is 6. The molecule has 0 aromatic heterocycles. The molecule has 0 aliphatic heterocycles. The van der Waals surface area contributed by atoms with E-state index < -0.39 is 0 Å². The zero-order valence-electron chi connectivity index (χ0n) is 10.5. The highest BCUT2D eigenvalue weighted by Gasteiger charge is 2.43. The Morgan fingerprint density at radius 1 is 1.29 bits per heavy atom. The average Bonchev–Trinajstić information content (AvgIpc) is 3.10. The number of hydrogen-bond acceptors (Lipinski definition) is 3. The van der Waals surface area contributed by atoms with Crippen LogP contribution in [0.25, 0.3) is 0 Å². The van der Waals surface area contributed by atoms with Gasteiger partial charge in [0.05, 0.1) is 6.61 Å². The molecular weight excluding hydrogens is 216 g/mol. The Morgan fingerprint density at radius 3 is 2.59 bits per heavy atom. The van der Waals surface area contributed by atoms with E-state index in [1.165, 1.54) is 32.1 Å². The predicted octanol–water partition coefficient (Wildman–Crippen LogP) is 2.50. The molecule has 0 aromatic carbocycles. The van der Waals surface area contributed by atoms with Crippen molar-refractivity contribution in [2.75, 3.05) is 13.2 Å². The fraction of sp³-hybridized carbons (Fsp3) is 0.923. The largest absolute Gasteiger partial charge is 0.409 e. The molecule has 0 radical (unpaired) electrons. The van der Waals surface area contributed by atoms with Crippen molar-refractivity contribution in [1.82, 2.24) is 0 Å². The lowest BCUT2D eigenvalue weighted by Gasteiger charge is -2.23. The summed E-state index contributed by atoms with van der Waals surface area (Å²) in [6, 6.07) is 0. The van der Waals surface area contributed by atoms with Crippen LogP contribution in [-0.4, -0.2) is 24.3 Å². The molecule has 0 unspecified atom stereocenters. The molecule has 2 rings (SSSR count). The maximum Gasteiger partial charge on any atom is 0.139 e. The second kappa shape index (κ2) is 5.71. The smallest absolute Gasteiger partial charge is 0.139 e. The normalized spacial score (nSPS) is 24.8. The van der Waals surface area contributed by atoms with Crippen LogP contribution in [0, 0.1) is 11.3 Å². The molecule has 0 saturated heterocycles. The first-order chi connectivity index (χ1) is 8.24. The van der Waals surface area contributed by atoms with Crippen molar-refractivity contribution in [3.63, 3.8) is 0 Å². The Hall–Kier alpha value is -0.770. The minimum Gasteiger partial charge on any atom is -0.409 e. The van der Waals surface area contributed by atoms with E-state index in [2.05, 4.69) is 5.16 Å². The number of hydrogen-bond donors (Lipinski definition) is 2. The summed E-state index contributed by atoms with van der Waals surface area (Å²) in [6.45, 7) is 1.68. The number of nitrogens with zero attached hydrogens (tertiary/aromatic N) is 1. The van der Waals surface area contributed by atoms with Crippen LogP contribution in [-0.2, 0) is 4.74 Å². The first-order valence-corrected chi connectivity index (χ1v) is 6.78. The predicted molar refractivity (Wildman–Crippen MR) is 67.1 cm³/mol. The lowest BCUT2D eigenvalue weighted by molar-refractivity contribution is 0.0547. The molecule has 4 heteroatoms. The highest BCUT2D eigenvalue weighted by Crippen LogP contribution is 2.49. The SMILES string of the molecule is NC(CC1(COCC2CCCCC2)CC1)=NO. The lowest BCUT2D eigenvalue weighted by atomic mass is 9.90. The van der Waals surface area contributed by atoms with Gasteiger partial charge in [-0.3, -0.25) is 0 Å². The molecule has 2 aliphatic rings. The van der Waals surface area contributed by atoms with Gasteiger partial charge in [-0.25, -0.2) is 0 Å². The van der Waals surface area contributed by atoms with Crippen LogP contribution in [0.4, 0.5) is 0 Å². The van der Waals surface area contributed by atoms with Crippen LogP contribution >= 0.6 is 0 Å². The van der Waals surface area contributed by atoms with Gasteiger partial charge in [0.1, 0.15) is 5.84 Å². The van der Waals surface area contributed by atoms with Crippen molar-refractivity contribution in [3.05, 3.63) is 0 Å². The second-order valence-corrected chi connectivity index (χ2v) is 5.79. The molecule has 0 amide bonds. The first kappa shape index (κ1) is 12.7. The monoisotopic (exact) mass is 240 g/mol. The Balaban J connectivity index is 1.64. The zero-order valence-corrected chi connectivity index (χ0v) is 10.5. The van der Waals surface area contributed by atoms with Crippen LogP contribution in [0.2, 0.25) is 0 Å². The Labute approximate surface area is 103 Å². The maximum atomic E-state index is 8.58. The molecule has 2 aliphatic carbocycles. The third kappa shape index (κ3) is 3.87. The lowest BCUT2D eigenvalue weighted by Crippen LogP contribution is -2.23. The summed E-state index contributed by atoms with van der Waals surface area (Å²) in [5.41, 5.74) is 5.74. The van der Waals surface area contributed by atoms with E-state index in [0.717, 1.165) is 32.0 Å². The van der Waals surface area contributed by atoms with Crippen molar-refractivity contribution < 1.29 is 9.94 Å². The minimum atomic E-state index is 0.185. The van der Waals surface area contributed by atoms with Gasteiger partial charge >= 0.3 is 0 Å². The standard InChI is InChI=1S/C13H24N2O2/c14-12(15-16)8-13(6-7-13)10-17-9-11-4-2-1-3-5-11/h11,16H,1-10H2,(H2,14,15). The molecule has 4 nitrogen and oxygen atoms in total. The summed E-state index contributed by atoms with van der Waals surface area (Å²) in [6.07, 6.45) is 9.74. The number of oxime groups is 1. The molecule has 0 heterocycles. The van der Waals surface area contributed by atoms with E-state index in [0.29, 0.717) is 12.3 Å². The van der Waals surface area contributed by atoms with Gasteiger partial charge in [-0.1, -0.05) is 24.4 Å². The van der Waals surface area contributed by atoms with Crippen LogP contribution in [0.15, 0.2) is 5.16 Å².